The molecule has 0 unspecified atom stereocenters. The van der Waals surface area contributed by atoms with Crippen LogP contribution in [0.1, 0.15) is 34.2 Å². The number of carboxylic acid groups (broad SMARTS) is 1. The topological polar surface area (TPSA) is 128 Å². The van der Waals surface area contributed by atoms with Gasteiger partial charge in [-0.1, -0.05) is 30.3 Å². The largest absolute Gasteiger partial charge is 0.465 e. The van der Waals surface area contributed by atoms with Gasteiger partial charge in [-0.25, -0.2) is 20.0 Å². The second-order valence-corrected chi connectivity index (χ2v) is 6.53. The SMILES string of the molecule is C[C@@H]1Cc2n[nH]c(C(=O)N(C)NC(=O)OCc3ccccc3)c2CN1C(=O)O. The number of fused-ring (bicyclic) bond motifs is 1. The zero-order valence-corrected chi connectivity index (χ0v) is 15.5. The first kappa shape index (κ1) is 19.2. The molecule has 3 amide bonds. The van der Waals surface area contributed by atoms with Crippen LogP contribution in [0.3, 0.4) is 0 Å². The van der Waals surface area contributed by atoms with Crippen molar-refractivity contribution in [3.05, 3.63) is 52.8 Å². The summed E-state index contributed by atoms with van der Waals surface area (Å²) in [5, 5.41) is 17.1. The van der Waals surface area contributed by atoms with E-state index < -0.39 is 18.1 Å². The first-order valence-corrected chi connectivity index (χ1v) is 8.68. The summed E-state index contributed by atoms with van der Waals surface area (Å²) < 4.78 is 5.09. The smallest absolute Gasteiger partial charge is 0.426 e. The number of hydrazine groups is 1. The van der Waals surface area contributed by atoms with E-state index in [1.165, 1.54) is 11.9 Å². The third-order valence-electron chi connectivity index (χ3n) is 4.54. The Labute approximate surface area is 161 Å². The lowest BCUT2D eigenvalue weighted by Gasteiger charge is -2.30. The van der Waals surface area contributed by atoms with Gasteiger partial charge in [-0.2, -0.15) is 5.10 Å². The van der Waals surface area contributed by atoms with Crippen LogP contribution in [0.15, 0.2) is 30.3 Å². The Morgan fingerprint density at radius 1 is 1.36 bits per heavy atom. The zero-order valence-electron chi connectivity index (χ0n) is 15.5. The highest BCUT2D eigenvalue weighted by Crippen LogP contribution is 2.24. The van der Waals surface area contributed by atoms with Gasteiger partial charge >= 0.3 is 12.2 Å². The molecule has 0 aliphatic carbocycles. The van der Waals surface area contributed by atoms with Crippen molar-refractivity contribution >= 4 is 18.1 Å². The summed E-state index contributed by atoms with van der Waals surface area (Å²) in [7, 11) is 1.37. The molecule has 2 aromatic rings. The van der Waals surface area contributed by atoms with E-state index in [1.54, 1.807) is 6.92 Å². The maximum atomic E-state index is 12.7. The Hall–Kier alpha value is -3.56. The molecule has 0 saturated heterocycles. The number of nitrogens with one attached hydrogen (secondary N) is 2. The molecule has 0 spiro atoms. The van der Waals surface area contributed by atoms with Gasteiger partial charge in [-0.3, -0.25) is 9.89 Å². The standard InChI is InChI=1S/C18H21N5O5/c1-11-8-14-13(9-23(11)18(26)27)15(20-19-14)16(24)22(2)21-17(25)28-10-12-6-4-3-5-7-12/h3-7,11H,8-10H2,1-2H3,(H,19,20)(H,21,25)(H,26,27)/t11-/m1/s1. The van der Waals surface area contributed by atoms with Crippen molar-refractivity contribution in [3.63, 3.8) is 0 Å². The van der Waals surface area contributed by atoms with Crippen LogP contribution in [-0.2, 0) is 24.3 Å². The molecule has 3 N–H and O–H groups in total. The highest BCUT2D eigenvalue weighted by Gasteiger charge is 2.33. The Morgan fingerprint density at radius 2 is 2.07 bits per heavy atom. The van der Waals surface area contributed by atoms with Crippen LogP contribution in [0.2, 0.25) is 0 Å². The van der Waals surface area contributed by atoms with Gasteiger partial charge in [-0.15, -0.1) is 0 Å². The van der Waals surface area contributed by atoms with Gasteiger partial charge in [0, 0.05) is 25.1 Å². The van der Waals surface area contributed by atoms with Crippen molar-refractivity contribution in [2.24, 2.45) is 0 Å². The van der Waals surface area contributed by atoms with Crippen LogP contribution in [0.25, 0.3) is 0 Å². The highest BCUT2D eigenvalue weighted by molar-refractivity contribution is 5.94. The first-order chi connectivity index (χ1) is 13.4. The molecule has 10 heteroatoms. The normalized spacial score (nSPS) is 15.5. The maximum absolute atomic E-state index is 12.7. The molecule has 10 nitrogen and oxygen atoms in total. The first-order valence-electron chi connectivity index (χ1n) is 8.68. The summed E-state index contributed by atoms with van der Waals surface area (Å²) in [5.74, 6) is -0.551. The van der Waals surface area contributed by atoms with Gasteiger partial charge in [0.1, 0.15) is 12.3 Å². The summed E-state index contributed by atoms with van der Waals surface area (Å²) in [5.41, 5.74) is 4.45. The van der Waals surface area contributed by atoms with E-state index in [0.29, 0.717) is 17.7 Å². The third-order valence-corrected chi connectivity index (χ3v) is 4.54. The molecule has 0 radical (unpaired) electrons. The summed E-state index contributed by atoms with van der Waals surface area (Å²) >= 11 is 0. The second-order valence-electron chi connectivity index (χ2n) is 6.53. The van der Waals surface area contributed by atoms with E-state index in [9.17, 15) is 19.5 Å². The average molecular weight is 387 g/mol. The maximum Gasteiger partial charge on any atom is 0.426 e. The molecule has 1 atom stereocenters. The van der Waals surface area contributed by atoms with Gasteiger partial charge in [-0.05, 0) is 12.5 Å². The van der Waals surface area contributed by atoms with Crippen molar-refractivity contribution in [3.8, 4) is 0 Å². The number of hydrogen-bond donors (Lipinski definition) is 3. The number of rotatable bonds is 3. The molecule has 1 aliphatic rings. The Morgan fingerprint density at radius 3 is 2.75 bits per heavy atom. The molecule has 1 aromatic carbocycles. The minimum atomic E-state index is -1.06. The van der Waals surface area contributed by atoms with Crippen molar-refractivity contribution in [2.45, 2.75) is 32.5 Å². The van der Waals surface area contributed by atoms with Gasteiger partial charge in [0.15, 0.2) is 0 Å². The lowest BCUT2D eigenvalue weighted by atomic mass is 10.00. The number of carbonyl (C=O) groups is 3. The van der Waals surface area contributed by atoms with E-state index in [2.05, 4.69) is 15.6 Å². The van der Waals surface area contributed by atoms with Crippen molar-refractivity contribution in [1.82, 2.24) is 25.5 Å². The Balaban J connectivity index is 1.63. The number of aromatic amines is 1. The van der Waals surface area contributed by atoms with E-state index in [-0.39, 0.29) is 24.9 Å². The molecule has 2 heterocycles. The summed E-state index contributed by atoms with van der Waals surface area (Å²) in [6.07, 6.45) is -1.44. The summed E-state index contributed by atoms with van der Waals surface area (Å²) in [6, 6.07) is 8.90. The van der Waals surface area contributed by atoms with Crippen molar-refractivity contribution in [2.75, 3.05) is 7.05 Å². The number of hydrogen-bond acceptors (Lipinski definition) is 5. The summed E-state index contributed by atoms with van der Waals surface area (Å²) in [4.78, 5) is 37.2. The number of nitrogens with zero attached hydrogens (tertiary/aromatic N) is 3. The number of ether oxygens (including phenoxy) is 1. The van der Waals surface area contributed by atoms with E-state index in [4.69, 9.17) is 4.74 Å². The molecule has 1 aliphatic heterocycles. The molecule has 0 saturated carbocycles. The van der Waals surface area contributed by atoms with Crippen molar-refractivity contribution < 1.29 is 24.2 Å². The molecule has 1 aromatic heterocycles. The number of carbonyl (C=O) groups excluding carboxylic acids is 2. The molecule has 0 fully saturated rings. The third kappa shape index (κ3) is 4.05. The van der Waals surface area contributed by atoms with Crippen LogP contribution in [0.5, 0.6) is 0 Å². The lowest BCUT2D eigenvalue weighted by molar-refractivity contribution is 0.0648. The fraction of sp³-hybridized carbons (Fsp3) is 0.333. The van der Waals surface area contributed by atoms with E-state index in [1.807, 2.05) is 30.3 Å². The van der Waals surface area contributed by atoms with Gasteiger partial charge in [0.05, 0.1) is 12.2 Å². The molecule has 28 heavy (non-hydrogen) atoms. The fourth-order valence-corrected chi connectivity index (χ4v) is 3.00. The van der Waals surface area contributed by atoms with Crippen LogP contribution in [-0.4, -0.2) is 56.4 Å². The summed E-state index contributed by atoms with van der Waals surface area (Å²) in [6.45, 7) is 1.90. The van der Waals surface area contributed by atoms with Crippen LogP contribution in [0.4, 0.5) is 9.59 Å². The average Bonchev–Trinajstić information content (AvgIpc) is 3.08. The zero-order chi connectivity index (χ0) is 20.3. The lowest BCUT2D eigenvalue weighted by Crippen LogP contribution is -2.45. The predicted octanol–water partition coefficient (Wildman–Crippen LogP) is 1.75. The quantitative estimate of drug-likeness (QED) is 0.689. The van der Waals surface area contributed by atoms with Gasteiger partial charge in [0.2, 0.25) is 0 Å². The molecule has 3 rings (SSSR count). The molecule has 0 bridgehead atoms. The van der Waals surface area contributed by atoms with Gasteiger partial charge < -0.3 is 14.7 Å². The van der Waals surface area contributed by atoms with Crippen molar-refractivity contribution in [1.29, 1.82) is 0 Å². The highest BCUT2D eigenvalue weighted by atomic mass is 16.6. The van der Waals surface area contributed by atoms with Crippen LogP contribution < -0.4 is 5.43 Å². The number of amides is 3. The number of aromatic nitrogens is 2. The van der Waals surface area contributed by atoms with Gasteiger partial charge in [0.25, 0.3) is 5.91 Å². The minimum absolute atomic E-state index is 0.0513. The number of benzene rings is 1. The van der Waals surface area contributed by atoms with Crippen LogP contribution in [0, 0.1) is 0 Å². The predicted molar refractivity (Wildman–Crippen MR) is 97.2 cm³/mol. The Bertz CT molecular complexity index is 882. The van der Waals surface area contributed by atoms with E-state index in [0.717, 1.165) is 10.6 Å². The molecular formula is C18H21N5O5. The number of H-pyrrole nitrogens is 1. The monoisotopic (exact) mass is 387 g/mol. The minimum Gasteiger partial charge on any atom is -0.465 e. The van der Waals surface area contributed by atoms with Crippen LogP contribution >= 0.6 is 0 Å². The molecular weight excluding hydrogens is 366 g/mol. The fourth-order valence-electron chi connectivity index (χ4n) is 3.00. The molecule has 148 valence electrons. The van der Waals surface area contributed by atoms with E-state index >= 15 is 0 Å². The Kier molecular flexibility index (Phi) is 5.48. The second kappa shape index (κ2) is 7.99.